The number of nitrogens with zero attached hydrogens (tertiary/aromatic N) is 4. The van der Waals surface area contributed by atoms with Gasteiger partial charge in [0.2, 0.25) is 0 Å². The van der Waals surface area contributed by atoms with Crippen LogP contribution in [0.3, 0.4) is 0 Å². The summed E-state index contributed by atoms with van der Waals surface area (Å²) in [4.78, 5) is 10.9. The van der Waals surface area contributed by atoms with E-state index in [0.717, 1.165) is 6.42 Å². The van der Waals surface area contributed by atoms with Gasteiger partial charge in [0.05, 0.1) is 11.4 Å². The molecule has 1 aliphatic carbocycles. The number of allylic oxidation sites excluding steroid dienone is 2. The van der Waals surface area contributed by atoms with Crippen LogP contribution in [-0.4, -0.2) is 14.0 Å². The summed E-state index contributed by atoms with van der Waals surface area (Å²) in [6, 6.07) is 37.7. The Morgan fingerprint density at radius 1 is 0.566 bits per heavy atom. The predicted molar refractivity (Wildman–Crippen MR) is 229 cm³/mol. The summed E-state index contributed by atoms with van der Waals surface area (Å²) in [6.07, 6.45) is 7.33. The minimum Gasteiger partial charge on any atom is -0.361 e. The van der Waals surface area contributed by atoms with Crippen molar-refractivity contribution in [2.24, 2.45) is 0 Å². The summed E-state index contributed by atoms with van der Waals surface area (Å²) in [7, 11) is 0. The van der Waals surface area contributed by atoms with E-state index in [1.807, 2.05) is 11.3 Å². The number of fused-ring (bicyclic) bond motifs is 17. The Morgan fingerprint density at radius 3 is 1.92 bits per heavy atom. The van der Waals surface area contributed by atoms with Gasteiger partial charge in [0, 0.05) is 34.1 Å². The lowest BCUT2D eigenvalue weighted by molar-refractivity contribution is 0.599. The maximum absolute atomic E-state index is 2.76. The van der Waals surface area contributed by atoms with Gasteiger partial charge in [-0.05, 0) is 142 Å². The van der Waals surface area contributed by atoms with E-state index in [0.29, 0.717) is 11.7 Å². The number of anilines is 8. The van der Waals surface area contributed by atoms with Crippen molar-refractivity contribution in [3.05, 3.63) is 148 Å². The highest BCUT2D eigenvalue weighted by Gasteiger charge is 2.59. The van der Waals surface area contributed by atoms with E-state index < -0.39 is 0 Å². The molecule has 4 aliphatic heterocycles. The average molecular weight is 705 g/mol. The van der Waals surface area contributed by atoms with E-state index in [9.17, 15) is 0 Å². The topological polar surface area (TPSA) is 13.0 Å². The van der Waals surface area contributed by atoms with Crippen LogP contribution in [0.1, 0.15) is 57.7 Å². The van der Waals surface area contributed by atoms with Gasteiger partial charge >= 0.3 is 14.0 Å². The SMILES string of the molecule is Cc1cc(C)cc(N2B3c4ccccc4-c4cc(C)ccc4N3c3sc4c(c32)N(c2cc(C)cc(C)c2)B2C3C=CCCC3c3cc(C)ccc3N24)c1. The molecule has 0 spiro atoms. The molecule has 11 rings (SSSR count). The Kier molecular flexibility index (Phi) is 6.63. The zero-order valence-electron chi connectivity index (χ0n) is 31.3. The molecule has 2 atom stereocenters. The molecule has 0 bridgehead atoms. The molecule has 5 heterocycles. The van der Waals surface area contributed by atoms with Gasteiger partial charge in [-0.1, -0.05) is 89.2 Å². The van der Waals surface area contributed by atoms with Gasteiger partial charge in [-0.15, -0.1) is 0 Å². The quantitative estimate of drug-likeness (QED) is 0.131. The van der Waals surface area contributed by atoms with Crippen LogP contribution in [0.2, 0.25) is 5.82 Å². The molecule has 0 radical (unpaired) electrons. The summed E-state index contributed by atoms with van der Waals surface area (Å²) >= 11 is 1.99. The van der Waals surface area contributed by atoms with Gasteiger partial charge in [-0.25, -0.2) is 0 Å². The second-order valence-electron chi connectivity index (χ2n) is 16.2. The van der Waals surface area contributed by atoms with Crippen molar-refractivity contribution in [1.82, 2.24) is 0 Å². The van der Waals surface area contributed by atoms with E-state index in [-0.39, 0.29) is 14.0 Å². The molecule has 0 N–H and O–H groups in total. The second kappa shape index (κ2) is 11.2. The lowest BCUT2D eigenvalue weighted by Gasteiger charge is -2.45. The van der Waals surface area contributed by atoms with Gasteiger partial charge in [0.25, 0.3) is 0 Å². The molecule has 5 aromatic carbocycles. The largest absolute Gasteiger partial charge is 0.422 e. The third kappa shape index (κ3) is 4.37. The van der Waals surface area contributed by atoms with Gasteiger partial charge in [0.15, 0.2) is 0 Å². The lowest BCUT2D eigenvalue weighted by atomic mass is 9.49. The maximum Gasteiger partial charge on any atom is 0.422 e. The molecule has 7 heteroatoms. The smallest absolute Gasteiger partial charge is 0.361 e. The first kappa shape index (κ1) is 31.4. The number of thiophene rings is 1. The maximum atomic E-state index is 2.76. The van der Waals surface area contributed by atoms with Crippen LogP contribution >= 0.6 is 11.3 Å². The highest BCUT2D eigenvalue weighted by molar-refractivity contribution is 7.24. The number of benzene rings is 5. The summed E-state index contributed by atoms with van der Waals surface area (Å²) in [5, 5.41) is 2.67. The monoisotopic (exact) mass is 704 g/mol. The molecule has 0 fully saturated rings. The van der Waals surface area contributed by atoms with Gasteiger partial charge in [-0.3, -0.25) is 0 Å². The number of hydrogen-bond acceptors (Lipinski definition) is 5. The van der Waals surface area contributed by atoms with Crippen LogP contribution in [0.4, 0.5) is 44.1 Å². The van der Waals surface area contributed by atoms with Crippen molar-refractivity contribution in [3.8, 4) is 11.1 Å². The predicted octanol–water partition coefficient (Wildman–Crippen LogP) is 11.9. The van der Waals surface area contributed by atoms with E-state index >= 15 is 0 Å². The molecule has 2 unspecified atom stereocenters. The molecule has 4 nitrogen and oxygen atoms in total. The molecule has 53 heavy (non-hydrogen) atoms. The van der Waals surface area contributed by atoms with E-state index in [2.05, 4.69) is 170 Å². The molecule has 258 valence electrons. The van der Waals surface area contributed by atoms with Crippen LogP contribution in [-0.2, 0) is 0 Å². The number of aryl methyl sites for hydroxylation is 6. The Morgan fingerprint density at radius 2 is 1.19 bits per heavy atom. The zero-order valence-corrected chi connectivity index (χ0v) is 32.1. The normalized spacial score (nSPS) is 18.7. The lowest BCUT2D eigenvalue weighted by Crippen LogP contribution is -2.55. The fraction of sp³-hybridized carbons (Fsp3) is 0.217. The van der Waals surface area contributed by atoms with Crippen molar-refractivity contribution >= 4 is 74.9 Å². The standard InChI is InChI=1S/C46H42B2N4S/c1-27-15-17-41-37(25-27)35-11-7-9-13-39(35)47-49(33-21-29(3)19-30(4)22-33)43-44-46(53-45(43)51(41)47)52-42-18-16-28(2)26-38(42)36-12-8-10-14-40(36)48(52)50(44)34-23-31(5)20-32(6)24-34/h7,9-11,13-26,36,40H,8,12H2,1-6H3. The van der Waals surface area contributed by atoms with Crippen molar-refractivity contribution in [3.63, 3.8) is 0 Å². The van der Waals surface area contributed by atoms with E-state index in [1.54, 1.807) is 0 Å². The second-order valence-corrected chi connectivity index (χ2v) is 17.2. The van der Waals surface area contributed by atoms with Gasteiger partial charge in [-0.2, -0.15) is 0 Å². The Labute approximate surface area is 318 Å². The summed E-state index contributed by atoms with van der Waals surface area (Å²) in [5.41, 5.74) is 21.2. The molecule has 0 saturated carbocycles. The van der Waals surface area contributed by atoms with Crippen LogP contribution in [0, 0.1) is 41.5 Å². The fourth-order valence-corrected chi connectivity index (χ4v) is 11.8. The van der Waals surface area contributed by atoms with Crippen LogP contribution in [0.15, 0.2) is 109 Å². The molecule has 0 saturated heterocycles. The average Bonchev–Trinajstić information content (AvgIpc) is 3.77. The van der Waals surface area contributed by atoms with Crippen molar-refractivity contribution in [1.29, 1.82) is 0 Å². The van der Waals surface area contributed by atoms with Crippen molar-refractivity contribution in [2.45, 2.75) is 66.1 Å². The minimum absolute atomic E-state index is 0.00913. The summed E-state index contributed by atoms with van der Waals surface area (Å²) in [5.74, 6) is 0.840. The highest BCUT2D eigenvalue weighted by Crippen LogP contribution is 2.69. The highest BCUT2D eigenvalue weighted by atomic mass is 32.1. The molecule has 1 aromatic heterocycles. The number of rotatable bonds is 2. The van der Waals surface area contributed by atoms with Crippen LogP contribution in [0.25, 0.3) is 11.1 Å². The van der Waals surface area contributed by atoms with E-state index in [1.165, 1.54) is 106 Å². The summed E-state index contributed by atoms with van der Waals surface area (Å²) < 4.78 is 0. The van der Waals surface area contributed by atoms with Crippen LogP contribution in [0.5, 0.6) is 0 Å². The first-order valence-corrected chi connectivity index (χ1v) is 20.0. The van der Waals surface area contributed by atoms with Crippen molar-refractivity contribution < 1.29 is 0 Å². The minimum atomic E-state index is -0.00913. The summed E-state index contributed by atoms with van der Waals surface area (Å²) in [6.45, 7) is 13.6. The van der Waals surface area contributed by atoms with Gasteiger partial charge in [0.1, 0.15) is 10.0 Å². The Balaban J connectivity index is 1.26. The number of hydrogen-bond donors (Lipinski definition) is 0. The first-order chi connectivity index (χ1) is 25.7. The van der Waals surface area contributed by atoms with Crippen molar-refractivity contribution in [2.75, 3.05) is 19.2 Å². The third-order valence-electron chi connectivity index (χ3n) is 12.3. The molecular weight excluding hydrogens is 662 g/mol. The Hall–Kier alpha value is -5.13. The molecule has 6 aromatic rings. The molecule has 5 aliphatic rings. The zero-order chi connectivity index (χ0) is 35.9. The fourth-order valence-electron chi connectivity index (χ4n) is 10.5. The third-order valence-corrected chi connectivity index (χ3v) is 13.5. The molecular formula is C46H42B2N4S. The van der Waals surface area contributed by atoms with Crippen LogP contribution < -0.4 is 24.7 Å². The van der Waals surface area contributed by atoms with Gasteiger partial charge < -0.3 is 19.2 Å². The molecule has 0 amide bonds. The van der Waals surface area contributed by atoms with E-state index in [4.69, 9.17) is 0 Å². The first-order valence-electron chi connectivity index (χ1n) is 19.2. The Bertz CT molecular complexity index is 2530.